The van der Waals surface area contributed by atoms with Gasteiger partial charge in [0.15, 0.2) is 0 Å². The highest BCUT2D eigenvalue weighted by atomic mass is 32.2. The number of nitrogens with zero attached hydrogens (tertiary/aromatic N) is 1. The van der Waals surface area contributed by atoms with Gasteiger partial charge in [0.2, 0.25) is 5.91 Å². The minimum Gasteiger partial charge on any atom is -0.377 e. The third-order valence-electron chi connectivity index (χ3n) is 2.00. The zero-order valence-electron chi connectivity index (χ0n) is 7.99. The topological polar surface area (TPSA) is 79.8 Å². The van der Waals surface area contributed by atoms with E-state index in [-0.39, 0.29) is 23.7 Å². The van der Waals surface area contributed by atoms with Gasteiger partial charge in [-0.1, -0.05) is 11.8 Å². The van der Waals surface area contributed by atoms with Crippen LogP contribution < -0.4 is 10.6 Å². The van der Waals surface area contributed by atoms with E-state index in [4.69, 9.17) is 4.74 Å². The summed E-state index contributed by atoms with van der Waals surface area (Å²) in [6.07, 6.45) is 0. The summed E-state index contributed by atoms with van der Waals surface area (Å²) in [7, 11) is 0. The van der Waals surface area contributed by atoms with Crippen molar-refractivity contribution < 1.29 is 14.3 Å². The standard InChI is InChI=1S/C8H11N3O3S/c12-7(10-5-2-14-3-5)1-9-6-4-15-8(13)11-6/h5H,1-4H2,(H,10,12)(H,9,11,13). The molecule has 2 aliphatic rings. The van der Waals surface area contributed by atoms with Gasteiger partial charge in [-0.05, 0) is 0 Å². The lowest BCUT2D eigenvalue weighted by molar-refractivity contribution is -0.123. The highest BCUT2D eigenvalue weighted by molar-refractivity contribution is 8.14. The molecule has 0 aromatic heterocycles. The number of aliphatic imine (C=N–C) groups is 1. The number of thioether (sulfide) groups is 1. The highest BCUT2D eigenvalue weighted by Gasteiger charge is 2.20. The molecule has 2 heterocycles. The third-order valence-corrected chi connectivity index (χ3v) is 2.79. The molecule has 2 N–H and O–H groups in total. The molecule has 0 radical (unpaired) electrons. The second kappa shape index (κ2) is 4.63. The van der Waals surface area contributed by atoms with Crippen molar-refractivity contribution in [1.29, 1.82) is 0 Å². The molecular formula is C8H11N3O3S. The second-order valence-corrected chi connectivity index (χ2v) is 4.21. The Balaban J connectivity index is 1.72. The lowest BCUT2D eigenvalue weighted by Gasteiger charge is -2.26. The van der Waals surface area contributed by atoms with Crippen LogP contribution in [0.25, 0.3) is 0 Å². The van der Waals surface area contributed by atoms with Crippen molar-refractivity contribution in [3.8, 4) is 0 Å². The van der Waals surface area contributed by atoms with Gasteiger partial charge in [-0.3, -0.25) is 14.6 Å². The van der Waals surface area contributed by atoms with E-state index < -0.39 is 0 Å². The molecule has 0 aromatic rings. The van der Waals surface area contributed by atoms with Gasteiger partial charge in [0, 0.05) is 0 Å². The highest BCUT2D eigenvalue weighted by Crippen LogP contribution is 2.08. The molecule has 2 saturated heterocycles. The summed E-state index contributed by atoms with van der Waals surface area (Å²) in [6, 6.07) is 0.130. The molecule has 7 heteroatoms. The Morgan fingerprint density at radius 2 is 2.47 bits per heavy atom. The van der Waals surface area contributed by atoms with Crippen molar-refractivity contribution in [2.45, 2.75) is 6.04 Å². The number of ether oxygens (including phenoxy) is 1. The first-order valence-electron chi connectivity index (χ1n) is 4.58. The van der Waals surface area contributed by atoms with Crippen LogP contribution in [0.2, 0.25) is 0 Å². The number of amidine groups is 1. The van der Waals surface area contributed by atoms with E-state index in [0.29, 0.717) is 24.8 Å². The zero-order valence-corrected chi connectivity index (χ0v) is 8.80. The molecule has 0 atom stereocenters. The number of hydrogen-bond acceptors (Lipinski definition) is 5. The molecule has 2 amide bonds. The van der Waals surface area contributed by atoms with Crippen LogP contribution in [0.4, 0.5) is 4.79 Å². The summed E-state index contributed by atoms with van der Waals surface area (Å²) in [5.74, 6) is 0.963. The van der Waals surface area contributed by atoms with Crippen LogP contribution in [-0.4, -0.2) is 48.5 Å². The summed E-state index contributed by atoms with van der Waals surface area (Å²) in [6.45, 7) is 1.22. The van der Waals surface area contributed by atoms with Gasteiger partial charge in [-0.15, -0.1) is 0 Å². The van der Waals surface area contributed by atoms with Crippen LogP contribution in [0.1, 0.15) is 0 Å². The van der Waals surface area contributed by atoms with Crippen molar-refractivity contribution in [3.63, 3.8) is 0 Å². The van der Waals surface area contributed by atoms with Gasteiger partial charge in [-0.25, -0.2) is 0 Å². The van der Waals surface area contributed by atoms with Gasteiger partial charge in [0.1, 0.15) is 12.4 Å². The Bertz CT molecular complexity index is 314. The molecule has 15 heavy (non-hydrogen) atoms. The number of carbonyl (C=O) groups is 2. The monoisotopic (exact) mass is 229 g/mol. The van der Waals surface area contributed by atoms with Crippen LogP contribution in [0.15, 0.2) is 4.99 Å². The van der Waals surface area contributed by atoms with Gasteiger partial charge >= 0.3 is 0 Å². The van der Waals surface area contributed by atoms with Crippen molar-refractivity contribution in [2.24, 2.45) is 4.99 Å². The van der Waals surface area contributed by atoms with E-state index in [2.05, 4.69) is 15.6 Å². The average molecular weight is 229 g/mol. The molecule has 0 bridgehead atoms. The zero-order chi connectivity index (χ0) is 10.7. The molecule has 0 aromatic carbocycles. The van der Waals surface area contributed by atoms with Gasteiger partial charge in [0.05, 0.1) is 25.0 Å². The molecule has 2 aliphatic heterocycles. The number of rotatable bonds is 3. The number of nitrogens with one attached hydrogen (secondary N) is 2. The molecule has 6 nitrogen and oxygen atoms in total. The van der Waals surface area contributed by atoms with Crippen molar-refractivity contribution in [2.75, 3.05) is 25.5 Å². The molecule has 2 fully saturated rings. The van der Waals surface area contributed by atoms with E-state index in [0.717, 1.165) is 11.8 Å². The van der Waals surface area contributed by atoms with E-state index in [1.807, 2.05) is 0 Å². The van der Waals surface area contributed by atoms with Gasteiger partial charge in [0.25, 0.3) is 5.24 Å². The van der Waals surface area contributed by atoms with Crippen LogP contribution in [0, 0.1) is 0 Å². The van der Waals surface area contributed by atoms with Crippen LogP contribution in [0.5, 0.6) is 0 Å². The Morgan fingerprint density at radius 3 is 3.00 bits per heavy atom. The largest absolute Gasteiger partial charge is 0.377 e. The second-order valence-electron chi connectivity index (χ2n) is 3.27. The van der Waals surface area contributed by atoms with Gasteiger partial charge in [-0.2, -0.15) is 0 Å². The summed E-state index contributed by atoms with van der Waals surface area (Å²) < 4.78 is 4.92. The molecule has 0 aliphatic carbocycles. The van der Waals surface area contributed by atoms with E-state index in [1.54, 1.807) is 0 Å². The Morgan fingerprint density at radius 1 is 1.67 bits per heavy atom. The summed E-state index contributed by atoms with van der Waals surface area (Å²) >= 11 is 1.15. The predicted molar refractivity (Wildman–Crippen MR) is 56.0 cm³/mol. The maximum Gasteiger partial charge on any atom is 0.284 e. The normalized spacial score (nSPS) is 23.7. The van der Waals surface area contributed by atoms with Crippen molar-refractivity contribution in [1.82, 2.24) is 10.6 Å². The minimum absolute atomic E-state index is 0.0622. The summed E-state index contributed by atoms with van der Waals surface area (Å²) in [4.78, 5) is 26.1. The molecule has 0 unspecified atom stereocenters. The van der Waals surface area contributed by atoms with Crippen LogP contribution in [-0.2, 0) is 9.53 Å². The molecule has 82 valence electrons. The van der Waals surface area contributed by atoms with E-state index >= 15 is 0 Å². The smallest absolute Gasteiger partial charge is 0.284 e. The maximum absolute atomic E-state index is 11.3. The fourth-order valence-corrected chi connectivity index (χ4v) is 1.79. The van der Waals surface area contributed by atoms with E-state index in [9.17, 15) is 9.59 Å². The SMILES string of the molecule is O=C(CN=C1CSC(=O)N1)NC1COC1. The molecule has 0 spiro atoms. The number of hydrogen-bond donors (Lipinski definition) is 2. The third kappa shape index (κ3) is 2.93. The summed E-state index contributed by atoms with van der Waals surface area (Å²) in [5, 5.41) is 5.21. The predicted octanol–water partition coefficient (Wildman–Crippen LogP) is -0.644. The first kappa shape index (κ1) is 10.4. The first-order valence-corrected chi connectivity index (χ1v) is 5.57. The fraction of sp³-hybridized carbons (Fsp3) is 0.625. The quantitative estimate of drug-likeness (QED) is 0.674. The van der Waals surface area contributed by atoms with E-state index in [1.165, 1.54) is 0 Å². The molecule has 0 saturated carbocycles. The van der Waals surface area contributed by atoms with Crippen molar-refractivity contribution in [3.05, 3.63) is 0 Å². The molecular weight excluding hydrogens is 218 g/mol. The Kier molecular flexibility index (Phi) is 3.22. The Labute approximate surface area is 90.8 Å². The fourth-order valence-electron chi connectivity index (χ4n) is 1.17. The Hall–Kier alpha value is -1.08. The lowest BCUT2D eigenvalue weighted by Crippen LogP contribution is -2.49. The van der Waals surface area contributed by atoms with Crippen LogP contribution in [0.3, 0.4) is 0 Å². The van der Waals surface area contributed by atoms with Gasteiger partial charge < -0.3 is 15.4 Å². The minimum atomic E-state index is -0.137. The van der Waals surface area contributed by atoms with Crippen molar-refractivity contribution >= 4 is 28.7 Å². The lowest BCUT2D eigenvalue weighted by atomic mass is 10.2. The average Bonchev–Trinajstić information content (AvgIpc) is 2.55. The van der Waals surface area contributed by atoms with Crippen LogP contribution >= 0.6 is 11.8 Å². The summed E-state index contributed by atoms with van der Waals surface area (Å²) in [5.41, 5.74) is 0. The number of amides is 2. The molecule has 2 rings (SSSR count). The maximum atomic E-state index is 11.3. The number of carbonyl (C=O) groups excluding carboxylic acids is 2. The first-order chi connectivity index (χ1) is 7.24.